The van der Waals surface area contributed by atoms with E-state index >= 15 is 0 Å². The Morgan fingerprint density at radius 1 is 1.03 bits per heavy atom. The molecular formula is C21H28N4O3S. The Balaban J connectivity index is 1.50. The van der Waals surface area contributed by atoms with Gasteiger partial charge >= 0.3 is 0 Å². The molecule has 0 unspecified atom stereocenters. The summed E-state index contributed by atoms with van der Waals surface area (Å²) in [5.41, 5.74) is 2.24. The maximum absolute atomic E-state index is 12.6. The van der Waals surface area contributed by atoms with Gasteiger partial charge in [0.05, 0.1) is 12.3 Å². The third-order valence-corrected chi connectivity index (χ3v) is 6.39. The first-order valence-electron chi connectivity index (χ1n) is 9.98. The van der Waals surface area contributed by atoms with E-state index < -0.39 is 10.0 Å². The Morgan fingerprint density at radius 3 is 2.31 bits per heavy atom. The van der Waals surface area contributed by atoms with Crippen LogP contribution in [0.2, 0.25) is 0 Å². The number of carbonyl (C=O) groups is 1. The highest BCUT2D eigenvalue weighted by molar-refractivity contribution is 7.92. The highest BCUT2D eigenvalue weighted by Gasteiger charge is 2.20. The second-order valence-corrected chi connectivity index (χ2v) is 9.09. The number of hydrogen-bond acceptors (Lipinski definition) is 6. The van der Waals surface area contributed by atoms with Gasteiger partial charge in [-0.05, 0) is 42.8 Å². The molecule has 8 heteroatoms. The zero-order valence-corrected chi connectivity index (χ0v) is 17.6. The second kappa shape index (κ2) is 9.84. The number of piperazine rings is 1. The number of benzene rings is 1. The average molecular weight is 417 g/mol. The van der Waals surface area contributed by atoms with Crippen molar-refractivity contribution < 1.29 is 13.2 Å². The molecule has 1 aromatic heterocycles. The highest BCUT2D eigenvalue weighted by atomic mass is 32.2. The fourth-order valence-electron chi connectivity index (χ4n) is 3.30. The molecule has 0 bridgehead atoms. The monoisotopic (exact) mass is 416 g/mol. The minimum absolute atomic E-state index is 0.0442. The van der Waals surface area contributed by atoms with Gasteiger partial charge in [0.15, 0.2) is 5.78 Å². The molecule has 2 heterocycles. The van der Waals surface area contributed by atoms with Crippen LogP contribution < -0.4 is 9.62 Å². The molecule has 0 amide bonds. The van der Waals surface area contributed by atoms with Gasteiger partial charge in [0.2, 0.25) is 10.0 Å². The van der Waals surface area contributed by atoms with Gasteiger partial charge in [-0.1, -0.05) is 13.3 Å². The van der Waals surface area contributed by atoms with Gasteiger partial charge in [0, 0.05) is 55.5 Å². The summed E-state index contributed by atoms with van der Waals surface area (Å²) in [5.74, 6) is 0.151. The molecule has 0 aliphatic carbocycles. The van der Waals surface area contributed by atoms with Crippen LogP contribution in [0, 0.1) is 0 Å². The molecule has 3 rings (SSSR count). The lowest BCUT2D eigenvalue weighted by atomic mass is 10.1. The number of unbranched alkanes of at least 4 members (excludes halogenated alkanes) is 1. The van der Waals surface area contributed by atoms with E-state index in [1.54, 1.807) is 36.7 Å². The topological polar surface area (TPSA) is 82.6 Å². The second-order valence-electron chi connectivity index (χ2n) is 7.24. The van der Waals surface area contributed by atoms with Crippen LogP contribution >= 0.6 is 0 Å². The van der Waals surface area contributed by atoms with Crippen LogP contribution in [0.15, 0.2) is 48.8 Å². The van der Waals surface area contributed by atoms with Gasteiger partial charge in [0.1, 0.15) is 0 Å². The number of hydrogen-bond donors (Lipinski definition) is 1. The maximum atomic E-state index is 12.6. The molecule has 1 aromatic carbocycles. The third-order valence-electron chi connectivity index (χ3n) is 5.01. The van der Waals surface area contributed by atoms with Gasteiger partial charge in [-0.15, -0.1) is 0 Å². The summed E-state index contributed by atoms with van der Waals surface area (Å²) in [6.45, 7) is 5.71. The van der Waals surface area contributed by atoms with E-state index in [0.717, 1.165) is 38.3 Å². The molecule has 1 saturated heterocycles. The summed E-state index contributed by atoms with van der Waals surface area (Å²) in [4.78, 5) is 21.1. The number of aromatic nitrogens is 1. The van der Waals surface area contributed by atoms with Crippen molar-refractivity contribution in [2.45, 2.75) is 19.8 Å². The largest absolute Gasteiger partial charge is 0.369 e. The van der Waals surface area contributed by atoms with E-state index in [0.29, 0.717) is 24.2 Å². The van der Waals surface area contributed by atoms with E-state index in [2.05, 4.69) is 19.5 Å². The SMILES string of the molecule is CCCCS(=O)(=O)Nc1ccc(C(=O)CN2CCN(c3ccncc3)CC2)cc1. The van der Waals surface area contributed by atoms with Gasteiger partial charge in [0.25, 0.3) is 0 Å². The van der Waals surface area contributed by atoms with Crippen molar-refractivity contribution in [3.05, 3.63) is 54.4 Å². The molecule has 7 nitrogen and oxygen atoms in total. The number of carbonyl (C=O) groups excluding carboxylic acids is 1. The smallest absolute Gasteiger partial charge is 0.232 e. The normalized spacial score (nSPS) is 15.3. The van der Waals surface area contributed by atoms with Crippen LogP contribution in [0.3, 0.4) is 0 Å². The molecule has 156 valence electrons. The molecular weight excluding hydrogens is 388 g/mol. The van der Waals surface area contributed by atoms with Crippen molar-refractivity contribution in [3.63, 3.8) is 0 Å². The fourth-order valence-corrected chi connectivity index (χ4v) is 4.57. The fraction of sp³-hybridized carbons (Fsp3) is 0.429. The van der Waals surface area contributed by atoms with Crippen LogP contribution in [-0.4, -0.2) is 62.6 Å². The average Bonchev–Trinajstić information content (AvgIpc) is 2.74. The molecule has 2 aromatic rings. The first-order valence-corrected chi connectivity index (χ1v) is 11.6. The Morgan fingerprint density at radius 2 is 1.69 bits per heavy atom. The molecule has 0 atom stereocenters. The molecule has 1 N–H and O–H groups in total. The van der Waals surface area contributed by atoms with Gasteiger partial charge < -0.3 is 4.90 Å². The van der Waals surface area contributed by atoms with Crippen molar-refractivity contribution in [2.24, 2.45) is 0 Å². The van der Waals surface area contributed by atoms with Gasteiger partial charge in [-0.25, -0.2) is 8.42 Å². The summed E-state index contributed by atoms with van der Waals surface area (Å²) in [7, 11) is -3.33. The van der Waals surface area contributed by atoms with E-state index in [9.17, 15) is 13.2 Å². The molecule has 1 aliphatic rings. The third kappa shape index (κ3) is 6.27. The molecule has 1 aliphatic heterocycles. The molecule has 29 heavy (non-hydrogen) atoms. The number of pyridine rings is 1. The van der Waals surface area contributed by atoms with Crippen molar-refractivity contribution in [3.8, 4) is 0 Å². The van der Waals surface area contributed by atoms with Crippen LogP contribution in [0.4, 0.5) is 11.4 Å². The van der Waals surface area contributed by atoms with Crippen LogP contribution in [0.25, 0.3) is 0 Å². The van der Waals surface area contributed by atoms with Crippen LogP contribution in [-0.2, 0) is 10.0 Å². The minimum atomic E-state index is -3.33. The number of ketones is 1. The number of nitrogens with zero attached hydrogens (tertiary/aromatic N) is 3. The van der Waals surface area contributed by atoms with Crippen LogP contribution in [0.5, 0.6) is 0 Å². The Bertz CT molecular complexity index is 893. The maximum Gasteiger partial charge on any atom is 0.232 e. The lowest BCUT2D eigenvalue weighted by molar-refractivity contribution is 0.0926. The molecule has 1 fully saturated rings. The first kappa shape index (κ1) is 21.3. The van der Waals surface area contributed by atoms with E-state index in [1.165, 1.54) is 0 Å². The van der Waals surface area contributed by atoms with E-state index in [-0.39, 0.29) is 11.5 Å². The summed E-state index contributed by atoms with van der Waals surface area (Å²) in [6, 6.07) is 10.7. The lowest BCUT2D eigenvalue weighted by Crippen LogP contribution is -2.48. The zero-order chi connectivity index (χ0) is 20.7. The van der Waals surface area contributed by atoms with Crippen molar-refractivity contribution in [1.82, 2.24) is 9.88 Å². The number of Topliss-reactive ketones (excluding diaryl/α,β-unsaturated/α-hetero) is 1. The zero-order valence-electron chi connectivity index (χ0n) is 16.8. The van der Waals surface area contributed by atoms with Crippen LogP contribution in [0.1, 0.15) is 30.1 Å². The van der Waals surface area contributed by atoms with E-state index in [1.807, 2.05) is 19.1 Å². The standard InChI is InChI=1S/C21H28N4O3S/c1-2-3-16-29(27,28)23-19-6-4-18(5-7-19)21(26)17-24-12-14-25(15-13-24)20-8-10-22-11-9-20/h4-11,23H,2-3,12-17H2,1H3. The van der Waals surface area contributed by atoms with Crippen molar-refractivity contribution in [1.29, 1.82) is 0 Å². The number of nitrogens with one attached hydrogen (secondary N) is 1. The lowest BCUT2D eigenvalue weighted by Gasteiger charge is -2.35. The molecule has 0 spiro atoms. The molecule has 0 saturated carbocycles. The minimum Gasteiger partial charge on any atom is -0.369 e. The van der Waals surface area contributed by atoms with Gasteiger partial charge in [-0.3, -0.25) is 19.4 Å². The quantitative estimate of drug-likeness (QED) is 0.633. The summed E-state index contributed by atoms with van der Waals surface area (Å²) in [5, 5.41) is 0. The first-order chi connectivity index (χ1) is 14.0. The van der Waals surface area contributed by atoms with Gasteiger partial charge in [-0.2, -0.15) is 0 Å². The number of rotatable bonds is 9. The summed E-state index contributed by atoms with van der Waals surface area (Å²) in [6.07, 6.45) is 5.03. The Hall–Kier alpha value is -2.45. The Labute approximate surface area is 172 Å². The number of sulfonamides is 1. The highest BCUT2D eigenvalue weighted by Crippen LogP contribution is 2.16. The Kier molecular flexibility index (Phi) is 7.22. The predicted molar refractivity (Wildman–Crippen MR) is 116 cm³/mol. The summed E-state index contributed by atoms with van der Waals surface area (Å²) < 4.78 is 26.5. The van der Waals surface area contributed by atoms with Crippen molar-refractivity contribution >= 4 is 27.2 Å². The van der Waals surface area contributed by atoms with E-state index in [4.69, 9.17) is 0 Å². The number of anilines is 2. The molecule has 0 radical (unpaired) electrons. The predicted octanol–water partition coefficient (Wildman–Crippen LogP) is 2.63. The summed E-state index contributed by atoms with van der Waals surface area (Å²) >= 11 is 0. The van der Waals surface area contributed by atoms with Crippen molar-refractivity contribution in [2.75, 3.05) is 48.1 Å².